The van der Waals surface area contributed by atoms with Crippen molar-refractivity contribution in [2.24, 2.45) is 0 Å². The van der Waals surface area contributed by atoms with Crippen LogP contribution in [0.3, 0.4) is 0 Å². The first-order chi connectivity index (χ1) is 11.2. The van der Waals surface area contributed by atoms with Crippen LogP contribution in [0.4, 0.5) is 0 Å². The lowest BCUT2D eigenvalue weighted by atomic mass is 10.4. The number of likely N-dealkylation sites (tertiary alicyclic amines) is 1. The van der Waals surface area contributed by atoms with Crippen LogP contribution in [0.1, 0.15) is 24.4 Å². The SMILES string of the molecule is CNC(=C[N+](=O)[O-])NCCSCc1ccc(CN2CCCC2)o1. The number of thioether (sulfide) groups is 1. The number of hydrogen-bond acceptors (Lipinski definition) is 7. The Morgan fingerprint density at radius 3 is 2.87 bits per heavy atom. The van der Waals surface area contributed by atoms with Crippen molar-refractivity contribution in [3.8, 4) is 0 Å². The van der Waals surface area contributed by atoms with E-state index < -0.39 is 4.92 Å². The summed E-state index contributed by atoms with van der Waals surface area (Å²) in [6.45, 7) is 3.90. The molecular formula is C15H24N4O3S. The van der Waals surface area contributed by atoms with E-state index in [1.165, 1.54) is 25.9 Å². The summed E-state index contributed by atoms with van der Waals surface area (Å²) in [4.78, 5) is 12.3. The van der Waals surface area contributed by atoms with Crippen LogP contribution < -0.4 is 10.6 Å². The van der Waals surface area contributed by atoms with Crippen molar-refractivity contribution in [3.05, 3.63) is 45.8 Å². The van der Waals surface area contributed by atoms with E-state index in [4.69, 9.17) is 4.42 Å². The summed E-state index contributed by atoms with van der Waals surface area (Å²) in [6.07, 6.45) is 3.51. The second-order valence-electron chi connectivity index (χ2n) is 5.41. The molecule has 1 aromatic rings. The Hall–Kier alpha value is -1.67. The summed E-state index contributed by atoms with van der Waals surface area (Å²) < 4.78 is 5.85. The van der Waals surface area contributed by atoms with Crippen LogP contribution in [-0.2, 0) is 12.3 Å². The Morgan fingerprint density at radius 1 is 1.43 bits per heavy atom. The minimum atomic E-state index is -0.475. The van der Waals surface area contributed by atoms with Crippen molar-refractivity contribution in [3.63, 3.8) is 0 Å². The van der Waals surface area contributed by atoms with Crippen LogP contribution >= 0.6 is 11.8 Å². The minimum Gasteiger partial charge on any atom is -0.464 e. The molecule has 0 atom stereocenters. The molecule has 1 saturated heterocycles. The quantitative estimate of drug-likeness (QED) is 0.383. The zero-order valence-electron chi connectivity index (χ0n) is 13.4. The van der Waals surface area contributed by atoms with Crippen LogP contribution in [0, 0.1) is 10.1 Å². The van der Waals surface area contributed by atoms with Gasteiger partial charge >= 0.3 is 0 Å². The van der Waals surface area contributed by atoms with Gasteiger partial charge in [0, 0.05) is 19.3 Å². The van der Waals surface area contributed by atoms with Gasteiger partial charge in [0.15, 0.2) is 5.82 Å². The lowest BCUT2D eigenvalue weighted by molar-refractivity contribution is -0.404. The lowest BCUT2D eigenvalue weighted by Gasteiger charge is -2.11. The molecule has 2 rings (SSSR count). The first-order valence-corrected chi connectivity index (χ1v) is 8.97. The van der Waals surface area contributed by atoms with Gasteiger partial charge in [0.25, 0.3) is 6.20 Å². The van der Waals surface area contributed by atoms with Crippen LogP contribution in [0.5, 0.6) is 0 Å². The topological polar surface area (TPSA) is 83.6 Å². The fourth-order valence-corrected chi connectivity index (χ4v) is 3.23. The Morgan fingerprint density at radius 2 is 2.17 bits per heavy atom. The average Bonchev–Trinajstić information content (AvgIpc) is 3.18. The highest BCUT2D eigenvalue weighted by molar-refractivity contribution is 7.98. The third kappa shape index (κ3) is 6.54. The molecule has 8 heteroatoms. The zero-order chi connectivity index (χ0) is 16.5. The third-order valence-electron chi connectivity index (χ3n) is 3.61. The van der Waals surface area contributed by atoms with E-state index >= 15 is 0 Å². The second kappa shape index (κ2) is 9.46. The van der Waals surface area contributed by atoms with Gasteiger partial charge < -0.3 is 15.1 Å². The van der Waals surface area contributed by atoms with Crippen molar-refractivity contribution in [2.75, 3.05) is 32.4 Å². The molecule has 1 fully saturated rings. The van der Waals surface area contributed by atoms with Crippen LogP contribution in [0.2, 0.25) is 0 Å². The second-order valence-corrected chi connectivity index (χ2v) is 6.51. The molecule has 128 valence electrons. The number of rotatable bonds is 10. The van der Waals surface area contributed by atoms with Gasteiger partial charge in [0.1, 0.15) is 11.5 Å². The summed E-state index contributed by atoms with van der Waals surface area (Å²) in [5.41, 5.74) is 0. The molecule has 0 bridgehead atoms. The van der Waals surface area contributed by atoms with Crippen molar-refractivity contribution < 1.29 is 9.34 Å². The van der Waals surface area contributed by atoms with E-state index in [1.54, 1.807) is 18.8 Å². The number of nitrogens with zero attached hydrogens (tertiary/aromatic N) is 2. The molecule has 0 spiro atoms. The van der Waals surface area contributed by atoms with Crippen molar-refractivity contribution in [2.45, 2.75) is 25.1 Å². The predicted molar refractivity (Wildman–Crippen MR) is 91.5 cm³/mol. The van der Waals surface area contributed by atoms with E-state index in [-0.39, 0.29) is 0 Å². The van der Waals surface area contributed by atoms with E-state index in [0.29, 0.717) is 12.4 Å². The molecule has 2 heterocycles. The maximum atomic E-state index is 10.4. The van der Waals surface area contributed by atoms with Crippen LogP contribution in [-0.4, -0.2) is 42.3 Å². The fourth-order valence-electron chi connectivity index (χ4n) is 2.48. The van der Waals surface area contributed by atoms with Crippen LogP contribution in [0.25, 0.3) is 0 Å². The molecule has 0 unspecified atom stereocenters. The van der Waals surface area contributed by atoms with Gasteiger partial charge in [-0.25, -0.2) is 0 Å². The molecule has 1 aromatic heterocycles. The van der Waals surface area contributed by atoms with E-state index in [9.17, 15) is 10.1 Å². The highest BCUT2D eigenvalue weighted by Crippen LogP contribution is 2.18. The van der Waals surface area contributed by atoms with Gasteiger partial charge in [0.2, 0.25) is 0 Å². The van der Waals surface area contributed by atoms with Gasteiger partial charge in [-0.05, 0) is 38.1 Å². The van der Waals surface area contributed by atoms with Gasteiger partial charge in [-0.1, -0.05) is 0 Å². The Kier molecular flexibility index (Phi) is 7.28. The summed E-state index contributed by atoms with van der Waals surface area (Å²) in [7, 11) is 1.65. The number of furan rings is 1. The Labute approximate surface area is 140 Å². The highest BCUT2D eigenvalue weighted by atomic mass is 32.2. The first kappa shape index (κ1) is 17.7. The molecule has 2 N–H and O–H groups in total. The molecule has 7 nitrogen and oxygen atoms in total. The Balaban J connectivity index is 1.62. The minimum absolute atomic E-state index is 0.418. The lowest BCUT2D eigenvalue weighted by Crippen LogP contribution is -2.26. The summed E-state index contributed by atoms with van der Waals surface area (Å²) in [6, 6.07) is 4.10. The van der Waals surface area contributed by atoms with E-state index in [1.807, 2.05) is 6.07 Å². The smallest absolute Gasteiger partial charge is 0.274 e. The molecule has 0 amide bonds. The molecule has 1 aliphatic rings. The van der Waals surface area contributed by atoms with Gasteiger partial charge in [-0.3, -0.25) is 15.0 Å². The monoisotopic (exact) mass is 340 g/mol. The highest BCUT2D eigenvalue weighted by Gasteiger charge is 2.13. The molecule has 0 aliphatic carbocycles. The molecule has 23 heavy (non-hydrogen) atoms. The maximum absolute atomic E-state index is 10.4. The van der Waals surface area contributed by atoms with Gasteiger partial charge in [-0.2, -0.15) is 11.8 Å². The number of nitro groups is 1. The molecule has 1 aliphatic heterocycles. The van der Waals surface area contributed by atoms with Gasteiger partial charge in [0.05, 0.1) is 17.2 Å². The maximum Gasteiger partial charge on any atom is 0.274 e. The predicted octanol–water partition coefficient (Wildman–Crippen LogP) is 1.99. The standard InChI is InChI=1S/C15H24N4O3S/c1-16-15(11-19(20)21)17-6-9-23-12-14-5-4-13(22-14)10-18-7-2-3-8-18/h4-5,11,16-17H,2-3,6-10,12H2,1H3. The van der Waals surface area contributed by atoms with Gasteiger partial charge in [-0.15, -0.1) is 0 Å². The van der Waals surface area contributed by atoms with Crippen molar-refractivity contribution >= 4 is 11.8 Å². The fraction of sp³-hybridized carbons (Fsp3) is 0.600. The number of nitrogens with one attached hydrogen (secondary N) is 2. The summed E-state index contributed by atoms with van der Waals surface area (Å²) in [5.74, 6) is 4.10. The Bertz CT molecular complexity index is 527. The molecule has 0 aromatic carbocycles. The normalized spacial score (nSPS) is 15.8. The van der Waals surface area contributed by atoms with Crippen molar-refractivity contribution in [1.82, 2.24) is 15.5 Å². The molecule has 0 radical (unpaired) electrons. The van der Waals surface area contributed by atoms with Crippen molar-refractivity contribution in [1.29, 1.82) is 0 Å². The largest absolute Gasteiger partial charge is 0.464 e. The summed E-state index contributed by atoms with van der Waals surface area (Å²) in [5, 5.41) is 16.1. The molecular weight excluding hydrogens is 316 g/mol. The van der Waals surface area contributed by atoms with E-state index in [2.05, 4.69) is 21.6 Å². The van der Waals surface area contributed by atoms with Crippen LogP contribution in [0.15, 0.2) is 28.6 Å². The molecule has 0 saturated carbocycles. The third-order valence-corrected chi connectivity index (χ3v) is 4.59. The number of hydrogen-bond donors (Lipinski definition) is 2. The first-order valence-electron chi connectivity index (χ1n) is 7.82. The summed E-state index contributed by atoms with van der Waals surface area (Å²) >= 11 is 1.74. The average molecular weight is 340 g/mol. The van der Waals surface area contributed by atoms with E-state index in [0.717, 1.165) is 35.8 Å². The zero-order valence-corrected chi connectivity index (χ0v) is 14.2.